The van der Waals surface area contributed by atoms with Gasteiger partial charge in [-0.25, -0.2) is 0 Å². The van der Waals surface area contributed by atoms with Crippen molar-refractivity contribution in [1.82, 2.24) is 9.80 Å². The van der Waals surface area contributed by atoms with Crippen LogP contribution >= 0.6 is 0 Å². The van der Waals surface area contributed by atoms with E-state index in [0.29, 0.717) is 6.61 Å². The highest BCUT2D eigenvalue weighted by atomic mass is 16.5. The summed E-state index contributed by atoms with van der Waals surface area (Å²) < 4.78 is 6.40. The summed E-state index contributed by atoms with van der Waals surface area (Å²) >= 11 is 0. The molecule has 0 saturated carbocycles. The summed E-state index contributed by atoms with van der Waals surface area (Å²) in [5.74, 6) is 0. The third-order valence-electron chi connectivity index (χ3n) is 6.67. The van der Waals surface area contributed by atoms with Crippen molar-refractivity contribution in [2.45, 2.75) is 25.0 Å². The minimum absolute atomic E-state index is 0.0334. The molecule has 1 atom stereocenters. The Morgan fingerprint density at radius 2 is 1.18 bits per heavy atom. The van der Waals surface area contributed by atoms with E-state index in [4.69, 9.17) is 4.74 Å². The van der Waals surface area contributed by atoms with E-state index in [-0.39, 0.29) is 6.10 Å². The van der Waals surface area contributed by atoms with Crippen molar-refractivity contribution in [3.05, 3.63) is 108 Å². The summed E-state index contributed by atoms with van der Waals surface area (Å²) in [6, 6.07) is 30.9. The maximum atomic E-state index is 10.9. The maximum absolute atomic E-state index is 10.9. The van der Waals surface area contributed by atoms with Crippen molar-refractivity contribution in [3.63, 3.8) is 0 Å². The number of aliphatic hydroxyl groups is 1. The Morgan fingerprint density at radius 3 is 1.70 bits per heavy atom. The minimum atomic E-state index is -0.782. The summed E-state index contributed by atoms with van der Waals surface area (Å²) in [5, 5.41) is 10.9. The number of nitrogens with zero attached hydrogens (tertiary/aromatic N) is 2. The molecule has 0 aliphatic carbocycles. The summed E-state index contributed by atoms with van der Waals surface area (Å²) in [7, 11) is 0. The molecule has 4 rings (SSSR count). The van der Waals surface area contributed by atoms with Gasteiger partial charge < -0.3 is 14.7 Å². The first-order valence-electron chi connectivity index (χ1n) is 12.1. The van der Waals surface area contributed by atoms with Crippen molar-refractivity contribution in [3.8, 4) is 0 Å². The standard InChI is InChI=1S/C29H36N2O2/c1-29(32,27-15-9-4-10-16-27)17-18-30-19-21-31(22-20-30)23-24-33-28(25-11-5-2-6-12-25)26-13-7-3-8-14-26/h2-16,28,32H,17-24H2,1H3. The molecule has 0 bridgehead atoms. The second-order valence-corrected chi connectivity index (χ2v) is 9.15. The fraction of sp³-hybridized carbons (Fsp3) is 0.379. The van der Waals surface area contributed by atoms with Crippen LogP contribution in [0.2, 0.25) is 0 Å². The van der Waals surface area contributed by atoms with Gasteiger partial charge in [-0.2, -0.15) is 0 Å². The molecular weight excluding hydrogens is 408 g/mol. The molecule has 1 heterocycles. The van der Waals surface area contributed by atoms with Crippen LogP contribution < -0.4 is 0 Å². The zero-order chi connectivity index (χ0) is 22.9. The van der Waals surface area contributed by atoms with Crippen molar-refractivity contribution in [2.75, 3.05) is 45.9 Å². The van der Waals surface area contributed by atoms with Crippen molar-refractivity contribution < 1.29 is 9.84 Å². The predicted molar refractivity (Wildman–Crippen MR) is 134 cm³/mol. The molecule has 4 nitrogen and oxygen atoms in total. The third-order valence-corrected chi connectivity index (χ3v) is 6.67. The van der Waals surface area contributed by atoms with Crippen LogP contribution in [-0.2, 0) is 10.3 Å². The fourth-order valence-electron chi connectivity index (χ4n) is 4.49. The highest BCUT2D eigenvalue weighted by Gasteiger charge is 2.25. The zero-order valence-corrected chi connectivity index (χ0v) is 19.6. The number of hydrogen-bond donors (Lipinski definition) is 1. The van der Waals surface area contributed by atoms with E-state index in [1.54, 1.807) is 0 Å². The first-order chi connectivity index (χ1) is 16.1. The van der Waals surface area contributed by atoms with Gasteiger partial charge in [0, 0.05) is 39.3 Å². The lowest BCUT2D eigenvalue weighted by molar-refractivity contribution is 0.0213. The van der Waals surface area contributed by atoms with Crippen molar-refractivity contribution >= 4 is 0 Å². The van der Waals surface area contributed by atoms with Crippen LogP contribution in [0.4, 0.5) is 0 Å². The lowest BCUT2D eigenvalue weighted by Gasteiger charge is -2.36. The van der Waals surface area contributed by atoms with Crippen LogP contribution in [0.3, 0.4) is 0 Å². The molecule has 4 heteroatoms. The normalized spacial score (nSPS) is 17.2. The molecule has 0 radical (unpaired) electrons. The van der Waals surface area contributed by atoms with Gasteiger partial charge in [-0.15, -0.1) is 0 Å². The molecule has 3 aromatic carbocycles. The van der Waals surface area contributed by atoms with Gasteiger partial charge in [0.1, 0.15) is 6.10 Å². The van der Waals surface area contributed by atoms with Crippen molar-refractivity contribution in [1.29, 1.82) is 0 Å². The van der Waals surface area contributed by atoms with E-state index < -0.39 is 5.60 Å². The first kappa shape index (κ1) is 23.7. The maximum Gasteiger partial charge on any atom is 0.108 e. The third kappa shape index (κ3) is 6.75. The van der Waals surface area contributed by atoms with E-state index in [1.807, 2.05) is 49.4 Å². The molecule has 1 N–H and O–H groups in total. The van der Waals surface area contributed by atoms with Crippen LogP contribution in [0, 0.1) is 0 Å². The van der Waals surface area contributed by atoms with Crippen molar-refractivity contribution in [2.24, 2.45) is 0 Å². The number of benzene rings is 3. The Kier molecular flexibility index (Phi) is 8.30. The number of rotatable bonds is 10. The number of hydrogen-bond acceptors (Lipinski definition) is 4. The molecule has 1 aliphatic rings. The Labute approximate surface area is 198 Å². The van der Waals surface area contributed by atoms with E-state index in [2.05, 4.69) is 58.3 Å². The SMILES string of the molecule is CC(O)(CCN1CCN(CCOC(c2ccccc2)c2ccccc2)CC1)c1ccccc1. The summed E-state index contributed by atoms with van der Waals surface area (Å²) in [4.78, 5) is 4.95. The highest BCUT2D eigenvalue weighted by molar-refractivity contribution is 5.29. The van der Waals surface area contributed by atoms with Crippen LogP contribution in [0.1, 0.15) is 36.1 Å². The van der Waals surface area contributed by atoms with Gasteiger partial charge in [0.15, 0.2) is 0 Å². The van der Waals surface area contributed by atoms with Gasteiger partial charge in [-0.3, -0.25) is 4.90 Å². The molecule has 0 spiro atoms. The van der Waals surface area contributed by atoms with Gasteiger partial charge in [-0.05, 0) is 30.0 Å². The van der Waals surface area contributed by atoms with Gasteiger partial charge in [0.25, 0.3) is 0 Å². The zero-order valence-electron chi connectivity index (χ0n) is 19.6. The van der Waals surface area contributed by atoms with Crippen LogP contribution in [0.15, 0.2) is 91.0 Å². The number of ether oxygens (including phenoxy) is 1. The van der Waals surface area contributed by atoms with Gasteiger partial charge in [0.2, 0.25) is 0 Å². The second-order valence-electron chi connectivity index (χ2n) is 9.15. The molecular formula is C29H36N2O2. The van der Waals surface area contributed by atoms with Gasteiger partial charge in [-0.1, -0.05) is 91.0 Å². The lowest BCUT2D eigenvalue weighted by atomic mass is 9.92. The smallest absolute Gasteiger partial charge is 0.108 e. The molecule has 174 valence electrons. The summed E-state index contributed by atoms with van der Waals surface area (Å²) in [5.41, 5.74) is 2.60. The average molecular weight is 445 g/mol. The van der Waals surface area contributed by atoms with Crippen LogP contribution in [0.5, 0.6) is 0 Å². The Morgan fingerprint density at radius 1 is 0.727 bits per heavy atom. The van der Waals surface area contributed by atoms with E-state index in [0.717, 1.165) is 51.3 Å². The molecule has 1 fully saturated rings. The van der Waals surface area contributed by atoms with E-state index >= 15 is 0 Å². The van der Waals surface area contributed by atoms with E-state index in [1.165, 1.54) is 11.1 Å². The Bertz CT molecular complexity index is 900. The molecule has 1 saturated heterocycles. The van der Waals surface area contributed by atoms with Gasteiger partial charge >= 0.3 is 0 Å². The van der Waals surface area contributed by atoms with E-state index in [9.17, 15) is 5.11 Å². The Balaban J connectivity index is 1.22. The fourth-order valence-corrected chi connectivity index (χ4v) is 4.49. The molecule has 1 aliphatic heterocycles. The van der Waals surface area contributed by atoms with Crippen LogP contribution in [-0.4, -0.2) is 60.8 Å². The monoisotopic (exact) mass is 444 g/mol. The summed E-state index contributed by atoms with van der Waals surface area (Å²) in [6.07, 6.45) is 0.713. The highest BCUT2D eigenvalue weighted by Crippen LogP contribution is 2.26. The molecule has 0 amide bonds. The molecule has 0 aromatic heterocycles. The second kappa shape index (κ2) is 11.6. The molecule has 1 unspecified atom stereocenters. The topological polar surface area (TPSA) is 35.9 Å². The Hall–Kier alpha value is -2.50. The quantitative estimate of drug-likeness (QED) is 0.491. The van der Waals surface area contributed by atoms with Crippen LogP contribution in [0.25, 0.3) is 0 Å². The van der Waals surface area contributed by atoms with Gasteiger partial charge in [0.05, 0.1) is 12.2 Å². The average Bonchev–Trinajstić information content (AvgIpc) is 2.88. The number of piperazine rings is 1. The largest absolute Gasteiger partial charge is 0.385 e. The summed E-state index contributed by atoms with van der Waals surface area (Å²) in [6.45, 7) is 8.62. The predicted octanol–water partition coefficient (Wildman–Crippen LogP) is 4.71. The molecule has 3 aromatic rings. The lowest BCUT2D eigenvalue weighted by Crippen LogP contribution is -2.48. The first-order valence-corrected chi connectivity index (χ1v) is 12.1. The minimum Gasteiger partial charge on any atom is -0.385 e. The molecule has 33 heavy (non-hydrogen) atoms.